The second-order valence-electron chi connectivity index (χ2n) is 8.27. The van der Waals surface area contributed by atoms with Crippen LogP contribution < -0.4 is 9.47 Å². The number of rotatable bonds is 14. The van der Waals surface area contributed by atoms with Crippen molar-refractivity contribution >= 4 is 42.8 Å². The fourth-order valence-electron chi connectivity index (χ4n) is 4.08. The van der Waals surface area contributed by atoms with Gasteiger partial charge in [-0.2, -0.15) is 0 Å². The van der Waals surface area contributed by atoms with Crippen molar-refractivity contribution in [3.05, 3.63) is 22.9 Å². The van der Waals surface area contributed by atoms with Gasteiger partial charge >= 0.3 is 0 Å². The van der Waals surface area contributed by atoms with E-state index < -0.39 is 0 Å². The van der Waals surface area contributed by atoms with Gasteiger partial charge in [0, 0.05) is 10.8 Å². The molecule has 0 aliphatic rings. The summed E-state index contributed by atoms with van der Waals surface area (Å²) >= 11 is 3.63. The van der Waals surface area contributed by atoms with Crippen LogP contribution >= 0.6 is 22.7 Å². The SMILES string of the molecule is CCCCCC(CC)Oc1c(OC(CC)CCCCC)c2ccsc2c2sccc12. The van der Waals surface area contributed by atoms with E-state index in [-0.39, 0.29) is 12.2 Å². The first kappa shape index (κ1) is 23.4. The van der Waals surface area contributed by atoms with Gasteiger partial charge in [0.15, 0.2) is 11.5 Å². The van der Waals surface area contributed by atoms with Crippen LogP contribution in [-0.2, 0) is 0 Å². The molecule has 30 heavy (non-hydrogen) atoms. The van der Waals surface area contributed by atoms with Crippen molar-refractivity contribution in [2.24, 2.45) is 0 Å². The van der Waals surface area contributed by atoms with Crippen LogP contribution in [-0.4, -0.2) is 12.2 Å². The molecule has 3 rings (SSSR count). The Balaban J connectivity index is 1.97. The molecule has 0 fully saturated rings. The molecule has 166 valence electrons. The predicted molar refractivity (Wildman–Crippen MR) is 135 cm³/mol. The molecule has 0 saturated carbocycles. The number of hydrogen-bond donors (Lipinski definition) is 0. The largest absolute Gasteiger partial charge is 0.486 e. The second-order valence-corrected chi connectivity index (χ2v) is 10.1. The normalized spacial score (nSPS) is 13.7. The highest BCUT2D eigenvalue weighted by molar-refractivity contribution is 7.25. The van der Waals surface area contributed by atoms with E-state index in [0.29, 0.717) is 0 Å². The lowest BCUT2D eigenvalue weighted by Gasteiger charge is -2.24. The molecular weight excluding hydrogens is 408 g/mol. The highest BCUT2D eigenvalue weighted by atomic mass is 32.1. The van der Waals surface area contributed by atoms with Crippen molar-refractivity contribution in [3.63, 3.8) is 0 Å². The maximum Gasteiger partial charge on any atom is 0.170 e. The van der Waals surface area contributed by atoms with Crippen LogP contribution in [0.1, 0.15) is 91.9 Å². The summed E-state index contributed by atoms with van der Waals surface area (Å²) in [6.07, 6.45) is 12.3. The number of thiophene rings is 2. The quantitative estimate of drug-likeness (QED) is 0.229. The minimum atomic E-state index is 0.248. The van der Waals surface area contributed by atoms with E-state index in [0.717, 1.165) is 37.2 Å². The lowest BCUT2D eigenvalue weighted by atomic mass is 10.1. The van der Waals surface area contributed by atoms with Crippen LogP contribution in [0.15, 0.2) is 22.9 Å². The maximum atomic E-state index is 6.75. The fraction of sp³-hybridized carbons (Fsp3) is 0.615. The van der Waals surface area contributed by atoms with Crippen molar-refractivity contribution in [2.45, 2.75) is 104 Å². The third-order valence-corrected chi connectivity index (χ3v) is 7.96. The third kappa shape index (κ3) is 5.50. The van der Waals surface area contributed by atoms with Gasteiger partial charge in [-0.15, -0.1) is 22.7 Å². The lowest BCUT2D eigenvalue weighted by Crippen LogP contribution is -2.19. The molecule has 2 nitrogen and oxygen atoms in total. The Morgan fingerprint density at radius 1 is 0.667 bits per heavy atom. The van der Waals surface area contributed by atoms with E-state index in [4.69, 9.17) is 9.47 Å². The van der Waals surface area contributed by atoms with Gasteiger partial charge in [0.1, 0.15) is 0 Å². The van der Waals surface area contributed by atoms with Crippen LogP contribution in [0.2, 0.25) is 0 Å². The van der Waals surface area contributed by atoms with Crippen LogP contribution in [0, 0.1) is 0 Å². The smallest absolute Gasteiger partial charge is 0.170 e. The molecule has 0 saturated heterocycles. The Labute approximate surface area is 190 Å². The van der Waals surface area contributed by atoms with Crippen molar-refractivity contribution in [2.75, 3.05) is 0 Å². The van der Waals surface area contributed by atoms with Gasteiger partial charge in [0.25, 0.3) is 0 Å². The molecule has 1 aromatic carbocycles. The summed E-state index contributed by atoms with van der Waals surface area (Å²) in [4.78, 5) is 0. The van der Waals surface area contributed by atoms with Crippen molar-refractivity contribution in [1.29, 1.82) is 0 Å². The monoisotopic (exact) mass is 446 g/mol. The Morgan fingerprint density at radius 2 is 1.10 bits per heavy atom. The molecule has 2 atom stereocenters. The minimum Gasteiger partial charge on any atom is -0.486 e. The van der Waals surface area contributed by atoms with E-state index in [1.54, 1.807) is 0 Å². The number of unbranched alkanes of at least 4 members (excludes halogenated alkanes) is 4. The van der Waals surface area contributed by atoms with E-state index in [1.807, 2.05) is 22.7 Å². The van der Waals surface area contributed by atoms with Gasteiger partial charge in [-0.25, -0.2) is 0 Å². The van der Waals surface area contributed by atoms with Gasteiger partial charge in [-0.05, 0) is 61.4 Å². The van der Waals surface area contributed by atoms with Crippen molar-refractivity contribution in [3.8, 4) is 11.5 Å². The third-order valence-electron chi connectivity index (χ3n) is 5.97. The highest BCUT2D eigenvalue weighted by Gasteiger charge is 2.23. The summed E-state index contributed by atoms with van der Waals surface area (Å²) in [5.41, 5.74) is 0. The number of ether oxygens (including phenoxy) is 2. The molecule has 0 N–H and O–H groups in total. The summed E-state index contributed by atoms with van der Waals surface area (Å²) in [6, 6.07) is 4.44. The summed E-state index contributed by atoms with van der Waals surface area (Å²) in [5.74, 6) is 1.96. The van der Waals surface area contributed by atoms with E-state index in [2.05, 4.69) is 50.6 Å². The van der Waals surface area contributed by atoms with Gasteiger partial charge in [0.05, 0.1) is 21.6 Å². The first-order valence-electron chi connectivity index (χ1n) is 12.0. The minimum absolute atomic E-state index is 0.248. The molecule has 2 aromatic heterocycles. The Morgan fingerprint density at radius 3 is 1.47 bits per heavy atom. The zero-order chi connectivity index (χ0) is 21.3. The van der Waals surface area contributed by atoms with Crippen molar-refractivity contribution in [1.82, 2.24) is 0 Å². The van der Waals surface area contributed by atoms with Gasteiger partial charge < -0.3 is 9.47 Å². The Bertz CT molecular complexity index is 822. The fourth-order valence-corrected chi connectivity index (χ4v) is 6.06. The standard InChI is InChI=1S/C26H38O2S2/c1-5-9-11-13-19(7-3)27-23-21-15-17-29-25(21)26-22(16-18-30-26)24(23)28-20(8-4)14-12-10-6-2/h15-20H,5-14H2,1-4H3. The molecule has 3 aromatic rings. The average molecular weight is 447 g/mol. The summed E-state index contributed by atoms with van der Waals surface area (Å²) in [6.45, 7) is 9.00. The first-order chi connectivity index (χ1) is 14.7. The first-order valence-corrected chi connectivity index (χ1v) is 13.7. The molecule has 0 aliphatic carbocycles. The van der Waals surface area contributed by atoms with Gasteiger partial charge in [-0.1, -0.05) is 53.4 Å². The van der Waals surface area contributed by atoms with Crippen LogP contribution in [0.5, 0.6) is 11.5 Å². The highest BCUT2D eigenvalue weighted by Crippen LogP contribution is 2.48. The lowest BCUT2D eigenvalue weighted by molar-refractivity contribution is 0.150. The van der Waals surface area contributed by atoms with Crippen LogP contribution in [0.3, 0.4) is 0 Å². The zero-order valence-corrected chi connectivity index (χ0v) is 20.8. The van der Waals surface area contributed by atoms with Crippen LogP contribution in [0.25, 0.3) is 20.2 Å². The average Bonchev–Trinajstić information content (AvgIpc) is 3.43. The van der Waals surface area contributed by atoms with E-state index in [1.165, 1.54) is 58.7 Å². The van der Waals surface area contributed by atoms with Crippen molar-refractivity contribution < 1.29 is 9.47 Å². The number of benzene rings is 1. The molecule has 2 heterocycles. The molecular formula is C26H38O2S2. The molecule has 0 bridgehead atoms. The molecule has 0 radical (unpaired) electrons. The molecule has 0 aliphatic heterocycles. The Hall–Kier alpha value is -1.26. The maximum absolute atomic E-state index is 6.75. The Kier molecular flexibility index (Phi) is 9.32. The zero-order valence-electron chi connectivity index (χ0n) is 19.2. The van der Waals surface area contributed by atoms with E-state index >= 15 is 0 Å². The second kappa shape index (κ2) is 12.0. The van der Waals surface area contributed by atoms with Gasteiger partial charge in [-0.3, -0.25) is 0 Å². The molecule has 0 spiro atoms. The predicted octanol–water partition coefficient (Wildman–Crippen LogP) is 9.59. The summed E-state index contributed by atoms with van der Waals surface area (Å²) < 4.78 is 16.2. The number of hydrogen-bond acceptors (Lipinski definition) is 4. The summed E-state index contributed by atoms with van der Waals surface area (Å²) in [7, 11) is 0. The summed E-state index contributed by atoms with van der Waals surface area (Å²) in [5, 5.41) is 6.83. The van der Waals surface area contributed by atoms with Gasteiger partial charge in [0.2, 0.25) is 0 Å². The van der Waals surface area contributed by atoms with Crippen LogP contribution in [0.4, 0.5) is 0 Å². The molecule has 0 amide bonds. The topological polar surface area (TPSA) is 18.5 Å². The number of fused-ring (bicyclic) bond motifs is 3. The van der Waals surface area contributed by atoms with E-state index in [9.17, 15) is 0 Å². The molecule has 2 unspecified atom stereocenters. The molecule has 4 heteroatoms.